The molecule has 0 saturated carbocycles. The summed E-state index contributed by atoms with van der Waals surface area (Å²) in [7, 11) is 0. The van der Waals surface area contributed by atoms with Gasteiger partial charge in [-0.2, -0.15) is 0 Å². The summed E-state index contributed by atoms with van der Waals surface area (Å²) in [6.07, 6.45) is 3.47. The Morgan fingerprint density at radius 1 is 1.48 bits per heavy atom. The third-order valence-electron chi connectivity index (χ3n) is 6.28. The number of carboxylic acid groups (broad SMARTS) is 1. The first-order chi connectivity index (χ1) is 15.0. The number of aromatic nitrogens is 2. The number of nitrogens with zero attached hydrogens (tertiary/aromatic N) is 2. The normalized spacial score (nSPS) is 27.9. The maximum Gasteiger partial charge on any atom is 0.290 e. The van der Waals surface area contributed by atoms with Crippen LogP contribution in [0.15, 0.2) is 34.0 Å². The number of fused-ring (bicyclic) bond motifs is 1. The van der Waals surface area contributed by atoms with Crippen LogP contribution < -0.4 is 10.9 Å². The van der Waals surface area contributed by atoms with Crippen LogP contribution in [0.2, 0.25) is 0 Å². The van der Waals surface area contributed by atoms with Crippen molar-refractivity contribution in [2.45, 2.75) is 24.5 Å². The van der Waals surface area contributed by atoms with Gasteiger partial charge in [0.05, 0.1) is 23.8 Å². The Hall–Kier alpha value is -3.05. The van der Waals surface area contributed by atoms with Crippen molar-refractivity contribution in [1.29, 1.82) is 0 Å². The summed E-state index contributed by atoms with van der Waals surface area (Å²) in [6, 6.07) is 3.21. The van der Waals surface area contributed by atoms with Gasteiger partial charge in [0.2, 0.25) is 0 Å². The number of pyridine rings is 1. The molecule has 4 atom stereocenters. The van der Waals surface area contributed by atoms with E-state index in [2.05, 4.69) is 15.3 Å². The van der Waals surface area contributed by atoms with E-state index >= 15 is 0 Å². The third kappa shape index (κ3) is 3.86. The van der Waals surface area contributed by atoms with Crippen LogP contribution in [0.5, 0.6) is 0 Å². The molecular weight excluding hydrogens is 424 g/mol. The number of ether oxygens (including phenoxy) is 1. The highest BCUT2D eigenvalue weighted by molar-refractivity contribution is 7.07. The molecule has 3 N–H and O–H groups in total. The van der Waals surface area contributed by atoms with Crippen LogP contribution in [0.4, 0.5) is 0 Å². The monoisotopic (exact) mass is 446 g/mol. The zero-order chi connectivity index (χ0) is 22.0. The molecule has 3 fully saturated rings. The SMILES string of the molecule is O=C(NC[C@H]1[C@H]2CN(C(=O)c3ccc[nH]c3=O)C[C@]23CC[C@H]1O3)c1cscn1.O=CO. The third-order valence-corrected chi connectivity index (χ3v) is 6.87. The van der Waals surface area contributed by atoms with Crippen molar-refractivity contribution in [3.8, 4) is 0 Å². The van der Waals surface area contributed by atoms with Gasteiger partial charge in [0.1, 0.15) is 11.3 Å². The maximum atomic E-state index is 12.9. The molecular formula is C20H22N4O6S. The fourth-order valence-electron chi connectivity index (χ4n) is 5.00. The van der Waals surface area contributed by atoms with Crippen molar-refractivity contribution >= 4 is 29.6 Å². The summed E-state index contributed by atoms with van der Waals surface area (Å²) in [5.41, 5.74) is 1.49. The van der Waals surface area contributed by atoms with Gasteiger partial charge in [-0.05, 0) is 25.0 Å². The number of thiazole rings is 1. The summed E-state index contributed by atoms with van der Waals surface area (Å²) in [5, 5.41) is 11.6. The minimum Gasteiger partial charge on any atom is -0.483 e. The quantitative estimate of drug-likeness (QED) is 0.583. The van der Waals surface area contributed by atoms with Gasteiger partial charge in [0.15, 0.2) is 0 Å². The van der Waals surface area contributed by atoms with Crippen LogP contribution in [0.25, 0.3) is 0 Å². The van der Waals surface area contributed by atoms with E-state index in [1.165, 1.54) is 17.5 Å². The van der Waals surface area contributed by atoms with Crippen molar-refractivity contribution < 1.29 is 24.2 Å². The fourth-order valence-corrected chi connectivity index (χ4v) is 5.54. The van der Waals surface area contributed by atoms with Crippen molar-refractivity contribution in [3.63, 3.8) is 0 Å². The molecule has 3 aliphatic rings. The minimum atomic E-state index is -0.376. The molecule has 2 aromatic rings. The number of rotatable bonds is 4. The van der Waals surface area contributed by atoms with Crippen LogP contribution in [-0.4, -0.2) is 69.6 Å². The zero-order valence-electron chi connectivity index (χ0n) is 16.5. The highest BCUT2D eigenvalue weighted by Crippen LogP contribution is 2.54. The van der Waals surface area contributed by atoms with Gasteiger partial charge in [-0.1, -0.05) is 0 Å². The smallest absolute Gasteiger partial charge is 0.290 e. The molecule has 5 heterocycles. The highest BCUT2D eigenvalue weighted by atomic mass is 32.1. The minimum absolute atomic E-state index is 0.109. The van der Waals surface area contributed by atoms with Crippen LogP contribution in [-0.2, 0) is 9.53 Å². The molecule has 31 heavy (non-hydrogen) atoms. The summed E-state index contributed by atoms with van der Waals surface area (Å²) < 4.78 is 6.32. The Morgan fingerprint density at radius 2 is 2.29 bits per heavy atom. The number of aromatic amines is 1. The number of nitrogens with one attached hydrogen (secondary N) is 2. The number of hydrogen-bond acceptors (Lipinski definition) is 7. The van der Waals surface area contributed by atoms with Crippen molar-refractivity contribution in [3.05, 3.63) is 50.8 Å². The number of carbonyl (C=O) groups is 3. The molecule has 3 aliphatic heterocycles. The first-order valence-electron chi connectivity index (χ1n) is 9.88. The molecule has 2 bridgehead atoms. The lowest BCUT2D eigenvalue weighted by molar-refractivity contribution is -0.122. The van der Waals surface area contributed by atoms with Gasteiger partial charge in [-0.15, -0.1) is 11.3 Å². The fraction of sp³-hybridized carbons (Fsp3) is 0.450. The molecule has 1 spiro atoms. The standard InChI is InChI=1S/C19H20N4O4S.CH2O2/c24-16-11(2-1-5-20-16)18(26)23-7-13-12(15-3-4-19(13,9-23)27-15)6-21-17(25)14-8-28-10-22-14;2-1-3/h1-2,5,8,10,12-13,15H,3-4,6-7,9H2,(H,20,24)(H,21,25);1H,(H,2,3)/t12-,13+,15+,19+;/m0./s1. The highest BCUT2D eigenvalue weighted by Gasteiger charge is 2.63. The summed E-state index contributed by atoms with van der Waals surface area (Å²) >= 11 is 1.39. The van der Waals surface area contributed by atoms with E-state index in [1.54, 1.807) is 27.9 Å². The Kier molecular flexibility index (Phi) is 5.88. The second-order valence-corrected chi connectivity index (χ2v) is 8.54. The number of likely N-dealkylation sites (tertiary alicyclic amines) is 1. The van der Waals surface area contributed by atoms with Gasteiger partial charge in [0, 0.05) is 36.5 Å². The lowest BCUT2D eigenvalue weighted by Gasteiger charge is -2.29. The van der Waals surface area contributed by atoms with Gasteiger partial charge in [0.25, 0.3) is 23.8 Å². The Balaban J connectivity index is 0.000000730. The van der Waals surface area contributed by atoms with E-state index in [0.29, 0.717) is 25.3 Å². The molecule has 5 rings (SSSR count). The number of amides is 2. The number of hydrogen-bond donors (Lipinski definition) is 3. The van der Waals surface area contributed by atoms with Crippen LogP contribution in [0.3, 0.4) is 0 Å². The van der Waals surface area contributed by atoms with Crippen molar-refractivity contribution in [2.75, 3.05) is 19.6 Å². The lowest BCUT2D eigenvalue weighted by atomic mass is 9.73. The Bertz CT molecular complexity index is 1020. The number of carbonyl (C=O) groups excluding carboxylic acids is 2. The van der Waals surface area contributed by atoms with Gasteiger partial charge in [-0.25, -0.2) is 4.98 Å². The van der Waals surface area contributed by atoms with E-state index in [-0.39, 0.29) is 53.0 Å². The molecule has 0 radical (unpaired) electrons. The molecule has 3 saturated heterocycles. The molecule has 2 amide bonds. The van der Waals surface area contributed by atoms with Crippen molar-refractivity contribution in [1.82, 2.24) is 20.2 Å². The largest absolute Gasteiger partial charge is 0.483 e. The van der Waals surface area contributed by atoms with Crippen LogP contribution in [0.1, 0.15) is 33.7 Å². The van der Waals surface area contributed by atoms with E-state index in [9.17, 15) is 14.4 Å². The average molecular weight is 446 g/mol. The van der Waals surface area contributed by atoms with Crippen molar-refractivity contribution in [2.24, 2.45) is 11.8 Å². The Morgan fingerprint density at radius 3 is 3.00 bits per heavy atom. The van der Waals surface area contributed by atoms with Gasteiger partial charge >= 0.3 is 0 Å². The van der Waals surface area contributed by atoms with Crippen LogP contribution >= 0.6 is 11.3 Å². The molecule has 0 aliphatic carbocycles. The molecule has 164 valence electrons. The van der Waals surface area contributed by atoms with Crippen LogP contribution in [0, 0.1) is 11.8 Å². The van der Waals surface area contributed by atoms with E-state index in [4.69, 9.17) is 14.6 Å². The zero-order valence-corrected chi connectivity index (χ0v) is 17.3. The van der Waals surface area contributed by atoms with Gasteiger partial charge in [-0.3, -0.25) is 19.2 Å². The molecule has 2 aromatic heterocycles. The maximum absolute atomic E-state index is 12.9. The summed E-state index contributed by atoms with van der Waals surface area (Å²) in [6.45, 7) is 1.29. The predicted octanol–water partition coefficient (Wildman–Crippen LogP) is 0.582. The second kappa shape index (κ2) is 8.60. The first kappa shape index (κ1) is 21.2. The molecule has 0 aromatic carbocycles. The molecule has 11 heteroatoms. The van der Waals surface area contributed by atoms with E-state index < -0.39 is 0 Å². The predicted molar refractivity (Wildman–Crippen MR) is 110 cm³/mol. The Labute approximate surface area is 181 Å². The number of H-pyrrole nitrogens is 1. The first-order valence-corrected chi connectivity index (χ1v) is 10.8. The molecule has 10 nitrogen and oxygen atoms in total. The topological polar surface area (TPSA) is 142 Å². The second-order valence-electron chi connectivity index (χ2n) is 7.82. The lowest BCUT2D eigenvalue weighted by Crippen LogP contribution is -2.42. The molecule has 0 unspecified atom stereocenters. The summed E-state index contributed by atoms with van der Waals surface area (Å²) in [5.74, 6) is -0.125. The van der Waals surface area contributed by atoms with E-state index in [1.807, 2.05) is 0 Å². The van der Waals surface area contributed by atoms with E-state index in [0.717, 1.165) is 12.8 Å². The summed E-state index contributed by atoms with van der Waals surface area (Å²) in [4.78, 5) is 53.8. The van der Waals surface area contributed by atoms with Gasteiger partial charge < -0.3 is 25.0 Å². The average Bonchev–Trinajstić information content (AvgIpc) is 3.53.